The number of carbonyl (C=O) groups is 2. The van der Waals surface area contributed by atoms with Gasteiger partial charge in [-0.3, -0.25) is 4.79 Å². The lowest BCUT2D eigenvalue weighted by Crippen LogP contribution is -2.27. The molecule has 4 nitrogen and oxygen atoms in total. The molecule has 19 heavy (non-hydrogen) atoms. The van der Waals surface area contributed by atoms with E-state index < -0.39 is 5.97 Å². The van der Waals surface area contributed by atoms with E-state index in [-0.39, 0.29) is 23.8 Å². The van der Waals surface area contributed by atoms with Crippen LogP contribution in [0.4, 0.5) is 5.69 Å². The Bertz CT molecular complexity index is 598. The third-order valence-corrected chi connectivity index (χ3v) is 3.56. The Balaban J connectivity index is 2.56. The minimum absolute atomic E-state index is 0.112. The molecule has 1 atom stereocenters. The average Bonchev–Trinajstić information content (AvgIpc) is 2.73. The number of aryl methyl sites for hydroxylation is 1. The third-order valence-electron chi connectivity index (χ3n) is 3.56. The summed E-state index contributed by atoms with van der Waals surface area (Å²) >= 11 is 0. The Morgan fingerprint density at radius 3 is 2.68 bits per heavy atom. The van der Waals surface area contributed by atoms with Crippen molar-refractivity contribution in [2.45, 2.75) is 20.3 Å². The van der Waals surface area contributed by atoms with Gasteiger partial charge in [0.1, 0.15) is 0 Å². The molecule has 4 heteroatoms. The van der Waals surface area contributed by atoms with Gasteiger partial charge >= 0.3 is 5.97 Å². The van der Waals surface area contributed by atoms with Crippen molar-refractivity contribution in [2.75, 3.05) is 11.4 Å². The van der Waals surface area contributed by atoms with Crippen LogP contribution < -0.4 is 4.90 Å². The zero-order chi connectivity index (χ0) is 14.2. The number of hydrogen-bond acceptors (Lipinski definition) is 2. The molecule has 0 bridgehead atoms. The first-order chi connectivity index (χ1) is 8.95. The maximum absolute atomic E-state index is 12.0. The number of hydrogen-bond donors (Lipinski definition) is 1. The number of amides is 1. The van der Waals surface area contributed by atoms with Gasteiger partial charge in [-0.15, -0.1) is 12.3 Å². The number of carbonyl (C=O) groups excluding carboxylic acids is 1. The summed E-state index contributed by atoms with van der Waals surface area (Å²) in [4.78, 5) is 24.9. The molecular formula is C15H15NO3. The van der Waals surface area contributed by atoms with Gasteiger partial charge in [0, 0.05) is 18.9 Å². The fraction of sp³-hybridized carbons (Fsp3) is 0.333. The third kappa shape index (κ3) is 2.19. The summed E-state index contributed by atoms with van der Waals surface area (Å²) in [5.41, 5.74) is 2.40. The normalized spacial score (nSPS) is 18.5. The van der Waals surface area contributed by atoms with Crippen molar-refractivity contribution < 1.29 is 14.7 Å². The lowest BCUT2D eigenvalue weighted by molar-refractivity contribution is -0.117. The van der Waals surface area contributed by atoms with Crippen LogP contribution in [0.1, 0.15) is 27.9 Å². The van der Waals surface area contributed by atoms with Crippen LogP contribution in [-0.4, -0.2) is 23.5 Å². The maximum atomic E-state index is 12.0. The van der Waals surface area contributed by atoms with Gasteiger partial charge in [0.2, 0.25) is 5.91 Å². The second-order valence-corrected chi connectivity index (χ2v) is 4.78. The lowest BCUT2D eigenvalue weighted by atomic mass is 10.0. The van der Waals surface area contributed by atoms with Crippen LogP contribution in [0.5, 0.6) is 0 Å². The molecule has 0 spiro atoms. The molecule has 1 saturated heterocycles. The SMILES string of the molecule is C#CC1CC(=O)N(c2c(C(=O)O)ccc(C)c2C)C1. The van der Waals surface area contributed by atoms with Crippen molar-refractivity contribution >= 4 is 17.6 Å². The van der Waals surface area contributed by atoms with Crippen molar-refractivity contribution in [2.24, 2.45) is 5.92 Å². The Labute approximate surface area is 112 Å². The molecule has 1 aromatic rings. The molecule has 98 valence electrons. The number of carboxylic acid groups (broad SMARTS) is 1. The van der Waals surface area contributed by atoms with E-state index in [1.807, 2.05) is 13.8 Å². The number of aromatic carboxylic acids is 1. The molecule has 0 aromatic heterocycles. The minimum atomic E-state index is -1.03. The van der Waals surface area contributed by atoms with E-state index >= 15 is 0 Å². The summed E-state index contributed by atoms with van der Waals surface area (Å²) in [6.07, 6.45) is 5.64. The summed E-state index contributed by atoms with van der Waals surface area (Å²) in [6, 6.07) is 3.29. The Morgan fingerprint density at radius 1 is 1.47 bits per heavy atom. The topological polar surface area (TPSA) is 57.6 Å². The van der Waals surface area contributed by atoms with Crippen LogP contribution in [-0.2, 0) is 4.79 Å². The number of rotatable bonds is 2. The van der Waals surface area contributed by atoms with Crippen molar-refractivity contribution in [1.29, 1.82) is 0 Å². The van der Waals surface area contributed by atoms with Gasteiger partial charge in [-0.2, -0.15) is 0 Å². The van der Waals surface area contributed by atoms with Crippen molar-refractivity contribution in [1.82, 2.24) is 0 Å². The fourth-order valence-electron chi connectivity index (χ4n) is 2.36. The van der Waals surface area contributed by atoms with Crippen LogP contribution >= 0.6 is 0 Å². The van der Waals surface area contributed by atoms with E-state index in [0.29, 0.717) is 12.2 Å². The van der Waals surface area contributed by atoms with Crippen LogP contribution in [0.3, 0.4) is 0 Å². The quantitative estimate of drug-likeness (QED) is 0.824. The smallest absolute Gasteiger partial charge is 0.337 e. The van der Waals surface area contributed by atoms with E-state index in [1.165, 1.54) is 11.0 Å². The van der Waals surface area contributed by atoms with E-state index in [9.17, 15) is 14.7 Å². The molecule has 1 aliphatic heterocycles. The number of anilines is 1. The van der Waals surface area contributed by atoms with Gasteiger partial charge in [-0.05, 0) is 31.0 Å². The Morgan fingerprint density at radius 2 is 2.16 bits per heavy atom. The molecule has 1 aliphatic rings. The molecule has 0 radical (unpaired) electrons. The van der Waals surface area contributed by atoms with Crippen LogP contribution in [0, 0.1) is 32.1 Å². The molecule has 1 aromatic carbocycles. The predicted molar refractivity (Wildman–Crippen MR) is 72.2 cm³/mol. The molecular weight excluding hydrogens is 242 g/mol. The monoisotopic (exact) mass is 257 g/mol. The first-order valence-corrected chi connectivity index (χ1v) is 6.05. The Hall–Kier alpha value is -2.28. The van der Waals surface area contributed by atoms with Gasteiger partial charge in [0.25, 0.3) is 0 Å². The average molecular weight is 257 g/mol. The molecule has 0 saturated carbocycles. The molecule has 2 rings (SSSR count). The second-order valence-electron chi connectivity index (χ2n) is 4.78. The highest BCUT2D eigenvalue weighted by Crippen LogP contribution is 2.32. The lowest BCUT2D eigenvalue weighted by Gasteiger charge is -2.22. The van der Waals surface area contributed by atoms with E-state index in [4.69, 9.17) is 6.42 Å². The van der Waals surface area contributed by atoms with Crippen molar-refractivity contribution in [3.8, 4) is 12.3 Å². The van der Waals surface area contributed by atoms with Crippen molar-refractivity contribution in [3.05, 3.63) is 28.8 Å². The first-order valence-electron chi connectivity index (χ1n) is 6.05. The summed E-state index contributed by atoms with van der Waals surface area (Å²) in [6.45, 7) is 4.11. The van der Waals surface area contributed by atoms with Gasteiger partial charge < -0.3 is 10.0 Å². The largest absolute Gasteiger partial charge is 0.478 e. The van der Waals surface area contributed by atoms with Crippen LogP contribution in [0.25, 0.3) is 0 Å². The molecule has 0 aliphatic carbocycles. The van der Waals surface area contributed by atoms with Gasteiger partial charge in [-0.1, -0.05) is 6.07 Å². The molecule has 1 amide bonds. The molecule has 1 N–H and O–H groups in total. The van der Waals surface area contributed by atoms with E-state index in [2.05, 4.69) is 5.92 Å². The standard InChI is InChI=1S/C15H15NO3/c1-4-11-7-13(17)16(8-11)14-10(3)9(2)5-6-12(14)15(18)19/h1,5-6,11H,7-8H2,2-3H3,(H,18,19). The summed E-state index contributed by atoms with van der Waals surface area (Å²) in [5, 5.41) is 9.27. The zero-order valence-corrected chi connectivity index (χ0v) is 10.9. The van der Waals surface area contributed by atoms with Gasteiger partial charge in [-0.25, -0.2) is 4.79 Å². The number of terminal acetylenes is 1. The number of carboxylic acids is 1. The number of nitrogens with zero attached hydrogens (tertiary/aromatic N) is 1. The molecule has 1 heterocycles. The van der Waals surface area contributed by atoms with Crippen LogP contribution in [0.2, 0.25) is 0 Å². The van der Waals surface area contributed by atoms with Crippen LogP contribution in [0.15, 0.2) is 12.1 Å². The van der Waals surface area contributed by atoms with E-state index in [0.717, 1.165) is 11.1 Å². The highest BCUT2D eigenvalue weighted by Gasteiger charge is 2.33. The van der Waals surface area contributed by atoms with E-state index in [1.54, 1.807) is 6.07 Å². The predicted octanol–water partition coefficient (Wildman–Crippen LogP) is 1.99. The van der Waals surface area contributed by atoms with Gasteiger partial charge in [0.05, 0.1) is 11.3 Å². The summed E-state index contributed by atoms with van der Waals surface area (Å²) in [5.74, 6) is 1.28. The van der Waals surface area contributed by atoms with Gasteiger partial charge in [0.15, 0.2) is 0 Å². The Kier molecular flexibility index (Phi) is 3.30. The summed E-state index contributed by atoms with van der Waals surface area (Å²) in [7, 11) is 0. The first kappa shape index (κ1) is 13.2. The minimum Gasteiger partial charge on any atom is -0.478 e. The highest BCUT2D eigenvalue weighted by atomic mass is 16.4. The highest BCUT2D eigenvalue weighted by molar-refractivity contribution is 6.04. The zero-order valence-electron chi connectivity index (χ0n) is 10.9. The molecule has 1 fully saturated rings. The van der Waals surface area contributed by atoms with Crippen molar-refractivity contribution in [3.63, 3.8) is 0 Å². The molecule has 1 unspecified atom stereocenters. The maximum Gasteiger partial charge on any atom is 0.337 e. The fourth-order valence-corrected chi connectivity index (χ4v) is 2.36. The number of benzene rings is 1. The summed E-state index contributed by atoms with van der Waals surface area (Å²) < 4.78 is 0. The second kappa shape index (κ2) is 4.77.